The molecule has 0 saturated carbocycles. The quantitative estimate of drug-likeness (QED) is 0.450. The standard InChI is InChI=1S/C24H21NO4/c1-18-6-5-9-22(14-18)25(15-19-7-3-2-4-8-19)23(27)17-29-24(28)21-12-10-20(16-26)11-13-21/h2-14,16H,15,17H2,1H3. The Bertz CT molecular complexity index is 997. The van der Waals surface area contributed by atoms with Crippen LogP contribution in [0.3, 0.4) is 0 Å². The number of nitrogens with zero attached hydrogens (tertiary/aromatic N) is 1. The molecule has 5 nitrogen and oxygen atoms in total. The number of aryl methyl sites for hydroxylation is 1. The van der Waals surface area contributed by atoms with Crippen molar-refractivity contribution < 1.29 is 19.1 Å². The number of rotatable bonds is 7. The molecule has 0 radical (unpaired) electrons. The first kappa shape index (κ1) is 20.0. The summed E-state index contributed by atoms with van der Waals surface area (Å²) in [5, 5.41) is 0. The van der Waals surface area contributed by atoms with Gasteiger partial charge in [-0.25, -0.2) is 4.79 Å². The van der Waals surface area contributed by atoms with Crippen molar-refractivity contribution in [1.82, 2.24) is 0 Å². The number of amides is 1. The van der Waals surface area contributed by atoms with Gasteiger partial charge in [0.2, 0.25) is 0 Å². The highest BCUT2D eigenvalue weighted by atomic mass is 16.5. The Hall–Kier alpha value is -3.73. The first-order valence-corrected chi connectivity index (χ1v) is 9.20. The van der Waals surface area contributed by atoms with E-state index < -0.39 is 5.97 Å². The molecule has 0 aromatic heterocycles. The van der Waals surface area contributed by atoms with E-state index in [0.717, 1.165) is 16.8 Å². The molecule has 0 aliphatic heterocycles. The summed E-state index contributed by atoms with van der Waals surface area (Å²) in [6.45, 7) is 1.95. The Morgan fingerprint density at radius 3 is 2.31 bits per heavy atom. The van der Waals surface area contributed by atoms with Crippen LogP contribution in [0.1, 0.15) is 31.8 Å². The summed E-state index contributed by atoms with van der Waals surface area (Å²) in [6.07, 6.45) is 0.696. The molecule has 5 heteroatoms. The van der Waals surface area contributed by atoms with Crippen molar-refractivity contribution in [2.45, 2.75) is 13.5 Å². The maximum atomic E-state index is 12.9. The Morgan fingerprint density at radius 1 is 0.931 bits per heavy atom. The molecule has 3 rings (SSSR count). The lowest BCUT2D eigenvalue weighted by atomic mass is 10.1. The van der Waals surface area contributed by atoms with Gasteiger partial charge < -0.3 is 9.64 Å². The van der Waals surface area contributed by atoms with Crippen LogP contribution in [0.4, 0.5) is 5.69 Å². The van der Waals surface area contributed by atoms with Gasteiger partial charge in [-0.1, -0.05) is 54.6 Å². The predicted molar refractivity (Wildman–Crippen MR) is 111 cm³/mol. The van der Waals surface area contributed by atoms with Crippen LogP contribution in [0.25, 0.3) is 0 Å². The number of benzene rings is 3. The molecule has 0 N–H and O–H groups in total. The van der Waals surface area contributed by atoms with Gasteiger partial charge in [0.1, 0.15) is 6.29 Å². The van der Waals surface area contributed by atoms with Gasteiger partial charge >= 0.3 is 5.97 Å². The molecule has 0 atom stereocenters. The van der Waals surface area contributed by atoms with E-state index in [2.05, 4.69) is 0 Å². The number of aldehydes is 1. The topological polar surface area (TPSA) is 63.7 Å². The summed E-state index contributed by atoms with van der Waals surface area (Å²) in [7, 11) is 0. The number of hydrogen-bond acceptors (Lipinski definition) is 4. The molecule has 0 aliphatic rings. The maximum absolute atomic E-state index is 12.9. The van der Waals surface area contributed by atoms with Gasteiger partial charge in [-0.05, 0) is 42.3 Å². The molecule has 29 heavy (non-hydrogen) atoms. The van der Waals surface area contributed by atoms with E-state index in [9.17, 15) is 14.4 Å². The number of carbonyl (C=O) groups is 3. The lowest BCUT2D eigenvalue weighted by molar-refractivity contribution is -0.121. The van der Waals surface area contributed by atoms with Gasteiger partial charge in [-0.15, -0.1) is 0 Å². The van der Waals surface area contributed by atoms with Gasteiger partial charge in [0.05, 0.1) is 12.1 Å². The van der Waals surface area contributed by atoms with Crippen LogP contribution < -0.4 is 4.90 Å². The van der Waals surface area contributed by atoms with E-state index in [1.54, 1.807) is 4.90 Å². The van der Waals surface area contributed by atoms with Crippen LogP contribution in [0, 0.1) is 6.92 Å². The summed E-state index contributed by atoms with van der Waals surface area (Å²) in [5.74, 6) is -0.933. The van der Waals surface area contributed by atoms with Crippen LogP contribution in [0.2, 0.25) is 0 Å². The average Bonchev–Trinajstić information content (AvgIpc) is 2.76. The third-order valence-electron chi connectivity index (χ3n) is 4.41. The molecular formula is C24H21NO4. The molecule has 0 unspecified atom stereocenters. The smallest absolute Gasteiger partial charge is 0.338 e. The highest BCUT2D eigenvalue weighted by Crippen LogP contribution is 2.19. The number of anilines is 1. The van der Waals surface area contributed by atoms with E-state index in [4.69, 9.17) is 4.74 Å². The van der Waals surface area contributed by atoms with E-state index >= 15 is 0 Å². The van der Waals surface area contributed by atoms with Crippen molar-refractivity contribution in [3.63, 3.8) is 0 Å². The second kappa shape index (κ2) is 9.46. The SMILES string of the molecule is Cc1cccc(N(Cc2ccccc2)C(=O)COC(=O)c2ccc(C=O)cc2)c1. The average molecular weight is 387 g/mol. The fourth-order valence-electron chi connectivity index (χ4n) is 2.87. The van der Waals surface area contributed by atoms with Crippen LogP contribution in [0.5, 0.6) is 0 Å². The molecule has 3 aromatic carbocycles. The third kappa shape index (κ3) is 5.39. The third-order valence-corrected chi connectivity index (χ3v) is 4.41. The Kier molecular flexibility index (Phi) is 6.53. The van der Waals surface area contributed by atoms with Crippen molar-refractivity contribution >= 4 is 23.9 Å². The van der Waals surface area contributed by atoms with E-state index in [1.165, 1.54) is 24.3 Å². The van der Waals surface area contributed by atoms with Crippen molar-refractivity contribution in [1.29, 1.82) is 0 Å². The number of ether oxygens (including phenoxy) is 1. The minimum Gasteiger partial charge on any atom is -0.452 e. The molecule has 146 valence electrons. The van der Waals surface area contributed by atoms with Gasteiger partial charge in [0, 0.05) is 11.3 Å². The molecule has 1 amide bonds. The Balaban J connectivity index is 1.73. The molecular weight excluding hydrogens is 366 g/mol. The van der Waals surface area contributed by atoms with E-state index in [0.29, 0.717) is 18.4 Å². The molecule has 3 aromatic rings. The van der Waals surface area contributed by atoms with Gasteiger partial charge in [-0.3, -0.25) is 9.59 Å². The minimum atomic E-state index is -0.611. The van der Waals surface area contributed by atoms with Crippen molar-refractivity contribution in [3.05, 3.63) is 101 Å². The highest BCUT2D eigenvalue weighted by molar-refractivity contribution is 5.97. The van der Waals surface area contributed by atoms with Crippen LogP contribution in [-0.2, 0) is 16.1 Å². The second-order valence-electron chi connectivity index (χ2n) is 6.62. The molecule has 0 heterocycles. The lowest BCUT2D eigenvalue weighted by Crippen LogP contribution is -2.34. The van der Waals surface area contributed by atoms with Gasteiger partial charge in [0.25, 0.3) is 5.91 Å². The fraction of sp³-hybridized carbons (Fsp3) is 0.125. The summed E-state index contributed by atoms with van der Waals surface area (Å²) >= 11 is 0. The van der Waals surface area contributed by atoms with Crippen LogP contribution in [0.15, 0.2) is 78.9 Å². The van der Waals surface area contributed by atoms with E-state index in [1.807, 2.05) is 61.5 Å². The summed E-state index contributed by atoms with van der Waals surface area (Å²) in [4.78, 5) is 37.5. The van der Waals surface area contributed by atoms with Crippen LogP contribution >= 0.6 is 0 Å². The first-order chi connectivity index (χ1) is 14.1. The number of hydrogen-bond donors (Lipinski definition) is 0. The highest BCUT2D eigenvalue weighted by Gasteiger charge is 2.19. The zero-order chi connectivity index (χ0) is 20.6. The molecule has 0 bridgehead atoms. The van der Waals surface area contributed by atoms with Gasteiger partial charge in [0.15, 0.2) is 6.61 Å². The molecule has 0 aliphatic carbocycles. The largest absolute Gasteiger partial charge is 0.452 e. The Morgan fingerprint density at radius 2 is 1.66 bits per heavy atom. The van der Waals surface area contributed by atoms with Crippen molar-refractivity contribution in [3.8, 4) is 0 Å². The summed E-state index contributed by atoms with van der Waals surface area (Å²) < 4.78 is 5.22. The minimum absolute atomic E-state index is 0.286. The van der Waals surface area contributed by atoms with Gasteiger partial charge in [-0.2, -0.15) is 0 Å². The molecule has 0 spiro atoms. The molecule has 0 fully saturated rings. The first-order valence-electron chi connectivity index (χ1n) is 9.20. The van der Waals surface area contributed by atoms with Crippen molar-refractivity contribution in [2.24, 2.45) is 0 Å². The Labute approximate surface area is 169 Å². The maximum Gasteiger partial charge on any atom is 0.338 e. The zero-order valence-corrected chi connectivity index (χ0v) is 16.1. The monoisotopic (exact) mass is 387 g/mol. The fourth-order valence-corrected chi connectivity index (χ4v) is 2.87. The summed E-state index contributed by atoms with van der Waals surface area (Å²) in [5.41, 5.74) is 3.49. The number of esters is 1. The van der Waals surface area contributed by atoms with Crippen LogP contribution in [-0.4, -0.2) is 24.8 Å². The predicted octanol–water partition coefficient (Wildman–Crippen LogP) is 4.20. The number of carbonyl (C=O) groups excluding carboxylic acids is 3. The normalized spacial score (nSPS) is 10.2. The van der Waals surface area contributed by atoms with E-state index in [-0.39, 0.29) is 18.1 Å². The second-order valence-corrected chi connectivity index (χ2v) is 6.62. The van der Waals surface area contributed by atoms with Crippen molar-refractivity contribution in [2.75, 3.05) is 11.5 Å². The zero-order valence-electron chi connectivity index (χ0n) is 16.1. The lowest BCUT2D eigenvalue weighted by Gasteiger charge is -2.23. The molecule has 0 saturated heterocycles. The summed E-state index contributed by atoms with van der Waals surface area (Å²) in [6, 6.07) is 23.3.